The predicted molar refractivity (Wildman–Crippen MR) is 82.6 cm³/mol. The maximum Gasteiger partial charge on any atom is 0.254 e. The Morgan fingerprint density at radius 3 is 2.88 bits per heavy atom. The third-order valence-corrected chi connectivity index (χ3v) is 3.95. The number of benzene rings is 1. The van der Waals surface area contributed by atoms with Crippen LogP contribution in [0.3, 0.4) is 0 Å². The average Bonchev–Trinajstić information content (AvgIpc) is 3.04. The van der Waals surface area contributed by atoms with Gasteiger partial charge in [-0.15, -0.1) is 0 Å². The van der Waals surface area contributed by atoms with Crippen LogP contribution >= 0.6 is 0 Å². The van der Waals surface area contributed by atoms with Gasteiger partial charge in [0.25, 0.3) is 5.91 Å². The number of hydrogen-bond donors (Lipinski definition) is 0. The second-order valence-corrected chi connectivity index (χ2v) is 5.62. The minimum Gasteiger partial charge on any atom is -0.339 e. The van der Waals surface area contributed by atoms with E-state index in [9.17, 15) is 9.18 Å². The molecule has 1 aromatic carbocycles. The quantitative estimate of drug-likeness (QED) is 0.740. The molecule has 1 amide bonds. The highest BCUT2D eigenvalue weighted by atomic mass is 19.1. The molecule has 0 spiro atoms. The summed E-state index contributed by atoms with van der Waals surface area (Å²) >= 11 is 0. The Morgan fingerprint density at radius 1 is 1.25 bits per heavy atom. The van der Waals surface area contributed by atoms with E-state index in [1.54, 1.807) is 29.4 Å². The molecule has 6 nitrogen and oxygen atoms in total. The third kappa shape index (κ3) is 2.64. The number of carbonyl (C=O) groups excluding carboxylic acids is 1. The largest absolute Gasteiger partial charge is 0.339 e. The highest BCUT2D eigenvalue weighted by Crippen LogP contribution is 2.28. The molecule has 1 saturated heterocycles. The highest BCUT2D eigenvalue weighted by Gasteiger charge is 2.36. The zero-order valence-corrected chi connectivity index (χ0v) is 12.6. The summed E-state index contributed by atoms with van der Waals surface area (Å²) in [4.78, 5) is 22.3. The van der Waals surface area contributed by atoms with E-state index < -0.39 is 5.82 Å². The fourth-order valence-electron chi connectivity index (χ4n) is 2.62. The summed E-state index contributed by atoms with van der Waals surface area (Å²) in [6.07, 6.45) is 3.33. The molecule has 7 heteroatoms. The monoisotopic (exact) mass is 324 g/mol. The summed E-state index contributed by atoms with van der Waals surface area (Å²) in [6.45, 7) is 0.952. The highest BCUT2D eigenvalue weighted by molar-refractivity contribution is 5.94. The van der Waals surface area contributed by atoms with Crippen molar-refractivity contribution >= 4 is 5.91 Å². The fourth-order valence-corrected chi connectivity index (χ4v) is 2.62. The van der Waals surface area contributed by atoms with Crippen LogP contribution in [0.4, 0.5) is 4.39 Å². The van der Waals surface area contributed by atoms with E-state index in [4.69, 9.17) is 4.52 Å². The Labute approximate surface area is 136 Å². The normalized spacial score (nSPS) is 14.5. The van der Waals surface area contributed by atoms with Crippen LogP contribution in [-0.2, 0) is 0 Å². The number of aromatic nitrogens is 3. The summed E-state index contributed by atoms with van der Waals surface area (Å²) in [7, 11) is 0. The Bertz CT molecular complexity index is 875. The molecule has 1 fully saturated rings. The van der Waals surface area contributed by atoms with Gasteiger partial charge in [-0.2, -0.15) is 4.98 Å². The van der Waals surface area contributed by atoms with Crippen LogP contribution in [0.5, 0.6) is 0 Å². The molecule has 1 aliphatic rings. The van der Waals surface area contributed by atoms with Crippen LogP contribution in [0, 0.1) is 5.82 Å². The Hall–Kier alpha value is -3.09. The van der Waals surface area contributed by atoms with E-state index in [2.05, 4.69) is 15.1 Å². The van der Waals surface area contributed by atoms with E-state index in [-0.39, 0.29) is 11.8 Å². The molecule has 0 N–H and O–H groups in total. The van der Waals surface area contributed by atoms with Crippen LogP contribution < -0.4 is 0 Å². The molecule has 0 radical (unpaired) electrons. The van der Waals surface area contributed by atoms with Gasteiger partial charge >= 0.3 is 0 Å². The first-order valence-electron chi connectivity index (χ1n) is 7.49. The van der Waals surface area contributed by atoms with E-state index >= 15 is 0 Å². The molecule has 3 heterocycles. The van der Waals surface area contributed by atoms with Crippen LogP contribution in [0.1, 0.15) is 22.2 Å². The van der Waals surface area contributed by atoms with Gasteiger partial charge in [-0.1, -0.05) is 11.2 Å². The summed E-state index contributed by atoms with van der Waals surface area (Å²) in [5.41, 5.74) is 1.12. The van der Waals surface area contributed by atoms with E-state index in [1.165, 1.54) is 18.2 Å². The molecule has 24 heavy (non-hydrogen) atoms. The minimum atomic E-state index is -0.420. The fraction of sp³-hybridized carbons (Fsp3) is 0.176. The van der Waals surface area contributed by atoms with Crippen molar-refractivity contribution in [3.05, 3.63) is 66.1 Å². The van der Waals surface area contributed by atoms with Crippen LogP contribution in [0.25, 0.3) is 11.4 Å². The third-order valence-electron chi connectivity index (χ3n) is 3.95. The van der Waals surface area contributed by atoms with Crippen molar-refractivity contribution in [1.29, 1.82) is 0 Å². The van der Waals surface area contributed by atoms with Crippen LogP contribution in [-0.4, -0.2) is 39.0 Å². The molecule has 120 valence electrons. The number of hydrogen-bond acceptors (Lipinski definition) is 5. The maximum atomic E-state index is 13.2. The molecule has 0 saturated carbocycles. The first kappa shape index (κ1) is 14.5. The lowest BCUT2D eigenvalue weighted by molar-refractivity contribution is 0.0568. The van der Waals surface area contributed by atoms with Gasteiger partial charge in [0, 0.05) is 36.6 Å². The van der Waals surface area contributed by atoms with Crippen LogP contribution in [0.15, 0.2) is 53.3 Å². The molecular formula is C17H13FN4O2. The molecule has 2 aromatic heterocycles. The van der Waals surface area contributed by atoms with Gasteiger partial charge < -0.3 is 9.42 Å². The number of rotatable bonds is 3. The standard InChI is InChI=1S/C17H13FN4O2/c18-14-5-1-3-11(7-14)17(23)22-9-13(10-22)16-20-15(21-24-16)12-4-2-6-19-8-12/h1-8,13H,9-10H2. The summed E-state index contributed by atoms with van der Waals surface area (Å²) < 4.78 is 18.5. The molecule has 0 aliphatic carbocycles. The first-order valence-corrected chi connectivity index (χ1v) is 7.49. The van der Waals surface area contributed by atoms with Gasteiger partial charge in [0.1, 0.15) is 5.82 Å². The lowest BCUT2D eigenvalue weighted by Gasteiger charge is -2.37. The van der Waals surface area contributed by atoms with Crippen molar-refractivity contribution in [3.8, 4) is 11.4 Å². The van der Waals surface area contributed by atoms with E-state index in [0.717, 1.165) is 5.56 Å². The van der Waals surface area contributed by atoms with Gasteiger partial charge in [0.05, 0.1) is 5.92 Å². The molecule has 0 atom stereocenters. The van der Waals surface area contributed by atoms with Crippen molar-refractivity contribution in [2.24, 2.45) is 0 Å². The van der Waals surface area contributed by atoms with Crippen molar-refractivity contribution < 1.29 is 13.7 Å². The summed E-state index contributed by atoms with van der Waals surface area (Å²) in [6, 6.07) is 9.33. The maximum absolute atomic E-state index is 13.2. The summed E-state index contributed by atoms with van der Waals surface area (Å²) in [5, 5.41) is 3.95. The molecule has 3 aromatic rings. The average molecular weight is 324 g/mol. The molecular weight excluding hydrogens is 311 g/mol. The Kier molecular flexibility index (Phi) is 3.53. The van der Waals surface area contributed by atoms with Crippen molar-refractivity contribution in [3.63, 3.8) is 0 Å². The zero-order valence-electron chi connectivity index (χ0n) is 12.6. The van der Waals surface area contributed by atoms with E-state index in [1.807, 2.05) is 6.07 Å². The second kappa shape index (κ2) is 5.84. The number of carbonyl (C=O) groups is 1. The van der Waals surface area contributed by atoms with Gasteiger partial charge in [0.15, 0.2) is 0 Å². The van der Waals surface area contributed by atoms with Gasteiger partial charge in [-0.25, -0.2) is 4.39 Å². The second-order valence-electron chi connectivity index (χ2n) is 5.62. The van der Waals surface area contributed by atoms with Crippen molar-refractivity contribution in [1.82, 2.24) is 20.0 Å². The predicted octanol–water partition coefficient (Wildman–Crippen LogP) is 2.51. The lowest BCUT2D eigenvalue weighted by atomic mass is 9.98. The number of nitrogens with zero attached hydrogens (tertiary/aromatic N) is 4. The van der Waals surface area contributed by atoms with Crippen molar-refractivity contribution in [2.75, 3.05) is 13.1 Å². The van der Waals surface area contributed by atoms with Crippen molar-refractivity contribution in [2.45, 2.75) is 5.92 Å². The molecule has 0 unspecified atom stereocenters. The number of amides is 1. The Morgan fingerprint density at radius 2 is 2.12 bits per heavy atom. The molecule has 4 rings (SSSR count). The zero-order chi connectivity index (χ0) is 16.5. The topological polar surface area (TPSA) is 72.1 Å². The lowest BCUT2D eigenvalue weighted by Crippen LogP contribution is -2.48. The SMILES string of the molecule is O=C(c1cccc(F)c1)N1CC(c2nc(-c3cccnc3)no2)C1. The van der Waals surface area contributed by atoms with E-state index in [0.29, 0.717) is 30.4 Å². The van der Waals surface area contributed by atoms with Crippen LogP contribution in [0.2, 0.25) is 0 Å². The van der Waals surface area contributed by atoms with Gasteiger partial charge in [-0.3, -0.25) is 9.78 Å². The first-order chi connectivity index (χ1) is 11.7. The number of halogens is 1. The Balaban J connectivity index is 1.43. The van der Waals surface area contributed by atoms with Gasteiger partial charge in [-0.05, 0) is 30.3 Å². The smallest absolute Gasteiger partial charge is 0.254 e. The minimum absolute atomic E-state index is 0.000399. The molecule has 1 aliphatic heterocycles. The number of pyridine rings is 1. The molecule has 0 bridgehead atoms. The van der Waals surface area contributed by atoms with Gasteiger partial charge in [0.2, 0.25) is 11.7 Å². The summed E-state index contributed by atoms with van der Waals surface area (Å²) in [5.74, 6) is 0.360. The number of likely N-dealkylation sites (tertiary alicyclic amines) is 1.